The van der Waals surface area contributed by atoms with E-state index >= 15 is 8.78 Å². The van der Waals surface area contributed by atoms with Crippen LogP contribution in [0.25, 0.3) is 21.9 Å². The largest absolute Gasteiger partial charge is 0.636 e. The van der Waals surface area contributed by atoms with E-state index in [1.54, 1.807) is 0 Å². The summed E-state index contributed by atoms with van der Waals surface area (Å²) in [6.45, 7) is 0. The summed E-state index contributed by atoms with van der Waals surface area (Å²) in [4.78, 5) is 0. The van der Waals surface area contributed by atoms with E-state index in [1.807, 2.05) is 0 Å². The second-order valence-electron chi connectivity index (χ2n) is 8.86. The molecule has 0 saturated carbocycles. The maximum Gasteiger partial charge on any atom is 0.636 e. The molecule has 2 nitrogen and oxygen atoms in total. The summed E-state index contributed by atoms with van der Waals surface area (Å²) in [5.74, 6) is -35.1. The zero-order chi connectivity index (χ0) is 32.2. The van der Waals surface area contributed by atoms with Crippen molar-refractivity contribution >= 4 is 23.4 Å². The van der Waals surface area contributed by atoms with E-state index in [-0.39, 0.29) is 22.9 Å². The molecule has 0 atom stereocenters. The number of hydrogen-bond acceptors (Lipinski definition) is 2. The lowest BCUT2D eigenvalue weighted by Gasteiger charge is -2.22. The summed E-state index contributed by atoms with van der Waals surface area (Å²) < 4.78 is 198. The van der Waals surface area contributed by atoms with Crippen LogP contribution in [0.1, 0.15) is 0 Å². The van der Waals surface area contributed by atoms with Crippen molar-refractivity contribution in [2.45, 2.75) is 0 Å². The minimum Gasteiger partial charge on any atom is -0.519 e. The molecule has 5 aromatic carbocycles. The van der Waals surface area contributed by atoms with Crippen molar-refractivity contribution in [2.24, 2.45) is 0 Å². The lowest BCUT2D eigenvalue weighted by atomic mass is 9.77. The molecule has 0 radical (unpaired) electrons. The lowest BCUT2D eigenvalue weighted by Crippen LogP contribution is -2.46. The summed E-state index contributed by atoms with van der Waals surface area (Å²) in [6, 6.07) is 7.49. The first-order valence-electron chi connectivity index (χ1n) is 11.8. The van der Waals surface area contributed by atoms with Gasteiger partial charge in [-0.2, -0.15) is 4.39 Å². The van der Waals surface area contributed by atoms with Crippen molar-refractivity contribution in [2.75, 3.05) is 0 Å². The number of benzene rings is 5. The molecule has 226 valence electrons. The molecule has 5 aromatic rings. The van der Waals surface area contributed by atoms with Crippen LogP contribution in [-0.2, 0) is 0 Å². The number of hydrogen-bond donors (Lipinski definition) is 0. The molecule has 5 rings (SSSR count). The monoisotopic (exact) mass is 634 g/mol. The molecule has 0 aliphatic carbocycles. The molecule has 0 bridgehead atoms. The molecule has 16 heteroatoms. The van der Waals surface area contributed by atoms with Gasteiger partial charge in [0.05, 0.1) is 16.6 Å². The van der Waals surface area contributed by atoms with Crippen LogP contribution < -0.4 is 14.8 Å². The Hall–Kier alpha value is -4.89. The number of rotatable bonds is 6. The van der Waals surface area contributed by atoms with Crippen LogP contribution in [0.4, 0.5) is 57.1 Å². The Balaban J connectivity index is 1.82. The van der Waals surface area contributed by atoms with Gasteiger partial charge in [-0.15, -0.1) is 0 Å². The molecule has 0 spiro atoms. The van der Waals surface area contributed by atoms with Gasteiger partial charge >= 0.3 is 7.12 Å². The second kappa shape index (κ2) is 11.3. The van der Waals surface area contributed by atoms with Crippen LogP contribution in [0.5, 0.6) is 11.5 Å². The molecule has 44 heavy (non-hydrogen) atoms. The molecule has 0 aliphatic heterocycles. The van der Waals surface area contributed by atoms with Crippen LogP contribution in [0.15, 0.2) is 48.5 Å². The highest BCUT2D eigenvalue weighted by Gasteiger charge is 2.40. The fourth-order valence-electron chi connectivity index (χ4n) is 4.22. The van der Waals surface area contributed by atoms with Crippen molar-refractivity contribution in [1.82, 2.24) is 0 Å². The first-order chi connectivity index (χ1) is 20.7. The summed E-state index contributed by atoms with van der Waals surface area (Å²) in [5.41, 5.74) is -6.09. The third-order valence-electron chi connectivity index (χ3n) is 6.24. The fraction of sp³-hybridized carbons (Fsp3) is 0. The first kappa shape index (κ1) is 30.6. The minimum atomic E-state index is -2.95. The lowest BCUT2D eigenvalue weighted by molar-refractivity contribution is 0.364. The van der Waals surface area contributed by atoms with Crippen LogP contribution in [-0.4, -0.2) is 7.12 Å². The van der Waals surface area contributed by atoms with E-state index in [9.17, 15) is 48.3 Å². The van der Waals surface area contributed by atoms with Gasteiger partial charge in [0.2, 0.25) is 17.5 Å². The third-order valence-corrected chi connectivity index (χ3v) is 6.24. The van der Waals surface area contributed by atoms with E-state index in [1.165, 1.54) is 30.3 Å². The summed E-state index contributed by atoms with van der Waals surface area (Å²) >= 11 is 0. The maximum absolute atomic E-state index is 15.2. The van der Waals surface area contributed by atoms with Gasteiger partial charge in [0.1, 0.15) is 11.6 Å². The van der Waals surface area contributed by atoms with Crippen LogP contribution in [0, 0.1) is 75.6 Å². The van der Waals surface area contributed by atoms with Crippen molar-refractivity contribution in [3.63, 3.8) is 0 Å². The number of fused-ring (bicyclic) bond motifs is 1. The SMILES string of the molecule is Fc1cc(F)c(F)c(B(Oc2c(F)c(F)c(F)c(F)c2-c2c(F)c(F)c(F)c(F)c2F)Oc2c(F)ccc3ccccc23)c1. The molecule has 0 unspecified atom stereocenters. The molecule has 0 aliphatic rings. The Morgan fingerprint density at radius 2 is 0.955 bits per heavy atom. The Morgan fingerprint density at radius 1 is 0.432 bits per heavy atom. The van der Waals surface area contributed by atoms with Gasteiger partial charge in [0, 0.05) is 11.5 Å². The summed E-state index contributed by atoms with van der Waals surface area (Å²) in [5, 5.41) is 0.0519. The van der Waals surface area contributed by atoms with Gasteiger partial charge in [0.25, 0.3) is 0 Å². The Bertz CT molecular complexity index is 1950. The quantitative estimate of drug-likeness (QED) is 0.0813. The smallest absolute Gasteiger partial charge is 0.519 e. The van der Waals surface area contributed by atoms with Gasteiger partial charge < -0.3 is 9.31 Å². The van der Waals surface area contributed by atoms with Crippen molar-refractivity contribution < 1.29 is 66.4 Å². The predicted octanol–water partition coefficient (Wildman–Crippen LogP) is 8.17. The van der Waals surface area contributed by atoms with Gasteiger partial charge in [0.15, 0.2) is 58.1 Å². The van der Waals surface area contributed by atoms with E-state index in [2.05, 4.69) is 0 Å². The first-order valence-corrected chi connectivity index (χ1v) is 11.8. The standard InChI is InChI=1S/C28H8BF13O2/c30-10-7-12(17(33)14(32)8-10)29(43-27-11-4-2-1-3-9(11)5-6-13(27)31)44-28-16(20(36)23(39)25(41)26(28)42)15-18(34)21(37)24(40)22(38)19(15)35/h1-8H. The topological polar surface area (TPSA) is 18.5 Å². The minimum absolute atomic E-state index is 0.00748. The van der Waals surface area contributed by atoms with Gasteiger partial charge in [-0.1, -0.05) is 30.3 Å². The highest BCUT2D eigenvalue weighted by Crippen LogP contribution is 2.43. The molecule has 0 saturated heterocycles. The van der Waals surface area contributed by atoms with Crippen molar-refractivity contribution in [3.8, 4) is 22.6 Å². The Labute approximate surface area is 237 Å². The van der Waals surface area contributed by atoms with Gasteiger partial charge in [-0.05, 0) is 17.5 Å². The zero-order valence-corrected chi connectivity index (χ0v) is 20.9. The van der Waals surface area contributed by atoms with E-state index in [0.717, 1.165) is 6.07 Å². The van der Waals surface area contributed by atoms with Crippen LogP contribution >= 0.6 is 0 Å². The molecule has 0 amide bonds. The van der Waals surface area contributed by atoms with Gasteiger partial charge in [-0.25, -0.2) is 52.7 Å². The van der Waals surface area contributed by atoms with Crippen LogP contribution in [0.2, 0.25) is 0 Å². The molecule has 0 fully saturated rings. The van der Waals surface area contributed by atoms with Crippen molar-refractivity contribution in [3.05, 3.63) is 124 Å². The maximum atomic E-state index is 15.2. The number of halogens is 13. The predicted molar refractivity (Wildman–Crippen MR) is 128 cm³/mol. The van der Waals surface area contributed by atoms with E-state index in [0.29, 0.717) is 0 Å². The van der Waals surface area contributed by atoms with E-state index in [4.69, 9.17) is 9.31 Å². The summed E-state index contributed by atoms with van der Waals surface area (Å²) in [6.07, 6.45) is 0. The van der Waals surface area contributed by atoms with Crippen molar-refractivity contribution in [1.29, 1.82) is 0 Å². The average Bonchev–Trinajstić information content (AvgIpc) is 3.00. The average molecular weight is 634 g/mol. The molecule has 0 heterocycles. The zero-order valence-electron chi connectivity index (χ0n) is 20.9. The highest BCUT2D eigenvalue weighted by atomic mass is 19.2. The molecule has 0 aromatic heterocycles. The van der Waals surface area contributed by atoms with Crippen LogP contribution in [0.3, 0.4) is 0 Å². The third kappa shape index (κ3) is 4.93. The molecular formula is C28H8BF13O2. The van der Waals surface area contributed by atoms with Gasteiger partial charge in [-0.3, -0.25) is 0 Å². The van der Waals surface area contributed by atoms with E-state index < -0.39 is 111 Å². The Kier molecular flexibility index (Phi) is 7.86. The Morgan fingerprint density at radius 3 is 1.59 bits per heavy atom. The normalized spacial score (nSPS) is 11.3. The molecule has 0 N–H and O–H groups in total. The highest BCUT2D eigenvalue weighted by molar-refractivity contribution is 6.63. The fourth-order valence-corrected chi connectivity index (χ4v) is 4.22. The molecular weight excluding hydrogens is 626 g/mol. The summed E-state index contributed by atoms with van der Waals surface area (Å²) in [7, 11) is -2.95. The second-order valence-corrected chi connectivity index (χ2v) is 8.86.